The summed E-state index contributed by atoms with van der Waals surface area (Å²) in [6.45, 7) is 0.360. The van der Waals surface area contributed by atoms with Gasteiger partial charge in [0, 0.05) is 0 Å². The molecule has 0 unspecified atom stereocenters. The lowest BCUT2D eigenvalue weighted by Crippen LogP contribution is -2.17. The van der Waals surface area contributed by atoms with E-state index in [4.69, 9.17) is 15.2 Å². The van der Waals surface area contributed by atoms with E-state index in [0.717, 1.165) is 11.1 Å². The van der Waals surface area contributed by atoms with Crippen LogP contribution < -0.4 is 19.9 Å². The summed E-state index contributed by atoms with van der Waals surface area (Å²) >= 11 is 0. The quantitative estimate of drug-likeness (QED) is 0.588. The molecule has 152 valence electrons. The standard InChI is InChI=1S/C22H20F3NO3/c1-27-19-12-9-17(13-20(19)28-14-15-5-3-2-4-6-15)21(26)16-7-10-18(11-8-16)29-22(23,24)25/h2-13,21H,14,26H2,1H3/t21-/m0/s1. The number of rotatable bonds is 7. The Morgan fingerprint density at radius 3 is 2.14 bits per heavy atom. The van der Waals surface area contributed by atoms with Crippen molar-refractivity contribution in [3.05, 3.63) is 89.5 Å². The van der Waals surface area contributed by atoms with E-state index in [0.29, 0.717) is 23.7 Å². The Balaban J connectivity index is 1.77. The van der Waals surface area contributed by atoms with Gasteiger partial charge in [0.25, 0.3) is 0 Å². The van der Waals surface area contributed by atoms with E-state index in [1.807, 2.05) is 30.3 Å². The van der Waals surface area contributed by atoms with Crippen molar-refractivity contribution in [2.24, 2.45) is 5.73 Å². The number of benzene rings is 3. The SMILES string of the molecule is COc1ccc([C@@H](N)c2ccc(OC(F)(F)F)cc2)cc1OCc1ccccc1. The van der Waals surface area contributed by atoms with E-state index in [9.17, 15) is 13.2 Å². The summed E-state index contributed by atoms with van der Waals surface area (Å²) < 4.78 is 52.0. The fraction of sp³-hybridized carbons (Fsp3) is 0.182. The van der Waals surface area contributed by atoms with Crippen LogP contribution in [0.2, 0.25) is 0 Å². The maximum Gasteiger partial charge on any atom is 0.573 e. The second kappa shape index (κ2) is 8.87. The molecule has 0 spiro atoms. The van der Waals surface area contributed by atoms with Crippen LogP contribution in [0.4, 0.5) is 13.2 Å². The van der Waals surface area contributed by atoms with Gasteiger partial charge < -0.3 is 19.9 Å². The molecule has 0 radical (unpaired) electrons. The van der Waals surface area contributed by atoms with Crippen LogP contribution in [0.25, 0.3) is 0 Å². The number of ether oxygens (including phenoxy) is 3. The van der Waals surface area contributed by atoms with Crippen LogP contribution in [0.15, 0.2) is 72.8 Å². The van der Waals surface area contributed by atoms with E-state index >= 15 is 0 Å². The van der Waals surface area contributed by atoms with Crippen molar-refractivity contribution in [1.29, 1.82) is 0 Å². The predicted octanol–water partition coefficient (Wildman–Crippen LogP) is 5.22. The Hall–Kier alpha value is -3.19. The van der Waals surface area contributed by atoms with Crippen molar-refractivity contribution >= 4 is 0 Å². The fourth-order valence-electron chi connectivity index (χ4n) is 2.80. The Kier molecular flexibility index (Phi) is 6.29. The lowest BCUT2D eigenvalue weighted by molar-refractivity contribution is -0.274. The van der Waals surface area contributed by atoms with Gasteiger partial charge in [-0.25, -0.2) is 0 Å². The highest BCUT2D eigenvalue weighted by Gasteiger charge is 2.31. The lowest BCUT2D eigenvalue weighted by atomic mass is 9.99. The Bertz CT molecular complexity index is 928. The van der Waals surface area contributed by atoms with Crippen molar-refractivity contribution < 1.29 is 27.4 Å². The van der Waals surface area contributed by atoms with E-state index < -0.39 is 12.4 Å². The van der Waals surface area contributed by atoms with Crippen molar-refractivity contribution in [2.75, 3.05) is 7.11 Å². The molecule has 0 saturated carbocycles. The van der Waals surface area contributed by atoms with Crippen molar-refractivity contribution in [3.8, 4) is 17.2 Å². The molecule has 2 N–H and O–H groups in total. The molecule has 3 aromatic rings. The van der Waals surface area contributed by atoms with Crippen LogP contribution in [0.5, 0.6) is 17.2 Å². The van der Waals surface area contributed by atoms with Crippen LogP contribution in [-0.4, -0.2) is 13.5 Å². The zero-order valence-corrected chi connectivity index (χ0v) is 15.6. The number of methoxy groups -OCH3 is 1. The maximum atomic E-state index is 12.3. The smallest absolute Gasteiger partial charge is 0.493 e. The molecule has 0 bridgehead atoms. The second-order valence-corrected chi connectivity index (χ2v) is 6.28. The van der Waals surface area contributed by atoms with Crippen molar-refractivity contribution in [1.82, 2.24) is 0 Å². The molecular formula is C22H20F3NO3. The minimum absolute atomic E-state index is 0.296. The van der Waals surface area contributed by atoms with E-state index in [1.165, 1.54) is 24.3 Å². The highest BCUT2D eigenvalue weighted by molar-refractivity contribution is 5.46. The topological polar surface area (TPSA) is 53.7 Å². The summed E-state index contributed by atoms with van der Waals surface area (Å²) in [6.07, 6.45) is -4.73. The molecular weight excluding hydrogens is 383 g/mol. The van der Waals surface area contributed by atoms with Crippen molar-refractivity contribution in [2.45, 2.75) is 19.0 Å². The monoisotopic (exact) mass is 403 g/mol. The lowest BCUT2D eigenvalue weighted by Gasteiger charge is -2.17. The van der Waals surface area contributed by atoms with E-state index in [1.54, 1.807) is 25.3 Å². The molecule has 29 heavy (non-hydrogen) atoms. The molecule has 0 aliphatic rings. The Labute approximate surface area is 166 Å². The largest absolute Gasteiger partial charge is 0.573 e. The zero-order chi connectivity index (χ0) is 20.9. The molecule has 0 amide bonds. The molecule has 3 rings (SSSR count). The molecule has 0 fully saturated rings. The molecule has 3 aromatic carbocycles. The molecule has 0 aromatic heterocycles. The number of nitrogens with two attached hydrogens (primary N) is 1. The summed E-state index contributed by atoms with van der Waals surface area (Å²) in [5.41, 5.74) is 8.68. The minimum atomic E-state index is -4.73. The average Bonchev–Trinajstić information content (AvgIpc) is 2.71. The summed E-state index contributed by atoms with van der Waals surface area (Å²) in [5, 5.41) is 0. The van der Waals surface area contributed by atoms with Gasteiger partial charge in [0.1, 0.15) is 12.4 Å². The third kappa shape index (κ3) is 5.65. The summed E-state index contributed by atoms with van der Waals surface area (Å²) in [4.78, 5) is 0. The number of hydrogen-bond donors (Lipinski definition) is 1. The first-order valence-corrected chi connectivity index (χ1v) is 8.81. The summed E-state index contributed by atoms with van der Waals surface area (Å²) in [7, 11) is 1.55. The Morgan fingerprint density at radius 2 is 1.52 bits per heavy atom. The van der Waals surface area contributed by atoms with Gasteiger partial charge in [0.15, 0.2) is 11.5 Å². The van der Waals surface area contributed by atoms with E-state index in [2.05, 4.69) is 4.74 Å². The maximum absolute atomic E-state index is 12.3. The zero-order valence-electron chi connectivity index (χ0n) is 15.6. The van der Waals surface area contributed by atoms with Crippen LogP contribution in [-0.2, 0) is 6.61 Å². The highest BCUT2D eigenvalue weighted by Crippen LogP contribution is 2.33. The third-order valence-corrected chi connectivity index (χ3v) is 4.26. The van der Waals surface area contributed by atoms with Crippen LogP contribution in [0.1, 0.15) is 22.7 Å². The molecule has 0 heterocycles. The Morgan fingerprint density at radius 1 is 0.862 bits per heavy atom. The first-order chi connectivity index (χ1) is 13.9. The minimum Gasteiger partial charge on any atom is -0.493 e. The molecule has 7 heteroatoms. The van der Waals surface area contributed by atoms with Gasteiger partial charge in [-0.1, -0.05) is 48.5 Å². The van der Waals surface area contributed by atoms with Crippen molar-refractivity contribution in [3.63, 3.8) is 0 Å². The second-order valence-electron chi connectivity index (χ2n) is 6.28. The van der Waals surface area contributed by atoms with Gasteiger partial charge in [-0.05, 0) is 41.0 Å². The first kappa shape index (κ1) is 20.5. The van der Waals surface area contributed by atoms with Crippen LogP contribution in [0, 0.1) is 0 Å². The van der Waals surface area contributed by atoms with Crippen LogP contribution in [0.3, 0.4) is 0 Å². The number of hydrogen-bond acceptors (Lipinski definition) is 4. The van der Waals surface area contributed by atoms with Crippen LogP contribution >= 0.6 is 0 Å². The van der Waals surface area contributed by atoms with Gasteiger partial charge in [0.2, 0.25) is 0 Å². The average molecular weight is 403 g/mol. The van der Waals surface area contributed by atoms with Gasteiger partial charge >= 0.3 is 6.36 Å². The molecule has 0 saturated heterocycles. The normalized spacial score (nSPS) is 12.3. The van der Waals surface area contributed by atoms with Gasteiger partial charge in [-0.15, -0.1) is 13.2 Å². The highest BCUT2D eigenvalue weighted by atomic mass is 19.4. The third-order valence-electron chi connectivity index (χ3n) is 4.26. The van der Waals surface area contributed by atoms with Gasteiger partial charge in [0.05, 0.1) is 13.2 Å². The molecule has 4 nitrogen and oxygen atoms in total. The predicted molar refractivity (Wildman–Crippen MR) is 103 cm³/mol. The number of halogens is 3. The van der Waals surface area contributed by atoms with Gasteiger partial charge in [-0.3, -0.25) is 0 Å². The van der Waals surface area contributed by atoms with Gasteiger partial charge in [-0.2, -0.15) is 0 Å². The molecule has 0 aliphatic carbocycles. The molecule has 1 atom stereocenters. The summed E-state index contributed by atoms with van der Waals surface area (Å²) in [6, 6.07) is 19.9. The number of alkyl halides is 3. The first-order valence-electron chi connectivity index (χ1n) is 8.81. The molecule has 0 aliphatic heterocycles. The van der Waals surface area contributed by atoms with E-state index in [-0.39, 0.29) is 5.75 Å². The fourth-order valence-corrected chi connectivity index (χ4v) is 2.80. The summed E-state index contributed by atoms with van der Waals surface area (Å²) in [5.74, 6) is 0.794.